The molecule has 0 bridgehead atoms. The average molecular weight is 585 g/mol. The van der Waals surface area contributed by atoms with Crippen LogP contribution in [0.5, 0.6) is 0 Å². The van der Waals surface area contributed by atoms with E-state index in [2.05, 4.69) is 10.0 Å². The van der Waals surface area contributed by atoms with E-state index in [1.807, 2.05) is 6.07 Å². The van der Waals surface area contributed by atoms with Crippen molar-refractivity contribution in [1.29, 1.82) is 0 Å². The number of carbonyl (C=O) groups excluding carboxylic acids is 1. The minimum absolute atomic E-state index is 0.181. The molecule has 4 N–H and O–H groups in total. The molecule has 1 atom stereocenters. The summed E-state index contributed by atoms with van der Waals surface area (Å²) in [5.74, 6) is -0.625. The van der Waals surface area contributed by atoms with Gasteiger partial charge in [-0.05, 0) is 90.4 Å². The molecule has 5 rings (SSSR count). The molecular weight excluding hydrogens is 558 g/mol. The number of carbonyl (C=O) groups is 1. The molecule has 8 nitrogen and oxygen atoms in total. The number of furan rings is 1. The number of hydrogen-bond donors (Lipinski definition) is 4. The van der Waals surface area contributed by atoms with E-state index in [0.717, 1.165) is 24.0 Å². The minimum Gasteiger partial charge on any atom is -0.455 e. The Bertz CT molecular complexity index is 1660. The highest BCUT2D eigenvalue weighted by atomic mass is 35.5. The lowest BCUT2D eigenvalue weighted by molar-refractivity contribution is 0.0964. The van der Waals surface area contributed by atoms with Crippen LogP contribution in [0.1, 0.15) is 45.8 Å². The van der Waals surface area contributed by atoms with Crippen LogP contribution in [-0.2, 0) is 22.2 Å². The topological polar surface area (TPSA) is 129 Å². The van der Waals surface area contributed by atoms with Crippen molar-refractivity contribution >= 4 is 51.3 Å². The molecular formula is C28H27BClFN2O6S. The molecule has 1 fully saturated rings. The quantitative estimate of drug-likeness (QED) is 0.160. The van der Waals surface area contributed by atoms with Crippen molar-refractivity contribution in [2.45, 2.75) is 36.2 Å². The molecule has 0 aliphatic heterocycles. The Kier molecular flexibility index (Phi) is 7.92. The van der Waals surface area contributed by atoms with Crippen LogP contribution >= 0.6 is 11.6 Å². The van der Waals surface area contributed by atoms with Crippen molar-refractivity contribution in [3.05, 3.63) is 88.7 Å². The van der Waals surface area contributed by atoms with Gasteiger partial charge >= 0.3 is 7.12 Å². The number of alkyl halides is 1. The van der Waals surface area contributed by atoms with Gasteiger partial charge in [-0.2, -0.15) is 0 Å². The molecule has 0 radical (unpaired) electrons. The van der Waals surface area contributed by atoms with E-state index < -0.39 is 28.2 Å². The summed E-state index contributed by atoms with van der Waals surface area (Å²) in [6.07, 6.45) is 2.03. The van der Waals surface area contributed by atoms with Crippen LogP contribution in [0.15, 0.2) is 65.1 Å². The molecule has 1 amide bonds. The highest BCUT2D eigenvalue weighted by Gasteiger charge is 2.31. The monoisotopic (exact) mass is 584 g/mol. The minimum atomic E-state index is -3.83. The third-order valence-electron chi connectivity index (χ3n) is 6.85. The number of amides is 1. The second-order valence-electron chi connectivity index (χ2n) is 9.91. The Morgan fingerprint density at radius 3 is 2.40 bits per heavy atom. The van der Waals surface area contributed by atoms with E-state index in [9.17, 15) is 27.7 Å². The van der Waals surface area contributed by atoms with Crippen molar-refractivity contribution in [3.8, 4) is 11.3 Å². The molecule has 1 aromatic heterocycles. The lowest BCUT2D eigenvalue weighted by Gasteiger charge is -2.13. The van der Waals surface area contributed by atoms with E-state index in [0.29, 0.717) is 33.3 Å². The molecule has 12 heteroatoms. The van der Waals surface area contributed by atoms with Gasteiger partial charge in [-0.3, -0.25) is 9.52 Å². The number of sulfonamides is 1. The fourth-order valence-electron chi connectivity index (χ4n) is 4.72. The van der Waals surface area contributed by atoms with Crippen LogP contribution in [0.2, 0.25) is 0 Å². The first-order valence-electron chi connectivity index (χ1n) is 12.7. The highest BCUT2D eigenvalue weighted by molar-refractivity contribution is 7.91. The molecule has 1 unspecified atom stereocenters. The Morgan fingerprint density at radius 1 is 1.12 bits per heavy atom. The van der Waals surface area contributed by atoms with Crippen LogP contribution in [0.4, 0.5) is 10.1 Å². The summed E-state index contributed by atoms with van der Waals surface area (Å²) in [7, 11) is -3.98. The zero-order chi connectivity index (χ0) is 28.6. The van der Waals surface area contributed by atoms with E-state index in [1.165, 1.54) is 31.3 Å². The second-order valence-corrected chi connectivity index (χ2v) is 12.2. The summed E-state index contributed by atoms with van der Waals surface area (Å²) >= 11 is 5.90. The van der Waals surface area contributed by atoms with E-state index in [1.54, 1.807) is 30.3 Å². The van der Waals surface area contributed by atoms with Crippen LogP contribution in [0, 0.1) is 5.82 Å². The highest BCUT2D eigenvalue weighted by Crippen LogP contribution is 2.45. The van der Waals surface area contributed by atoms with E-state index in [-0.39, 0.29) is 29.8 Å². The predicted octanol–water partition coefficient (Wildman–Crippen LogP) is 4.58. The fraction of sp³-hybridized carbons (Fsp3) is 0.250. The molecule has 1 aliphatic rings. The van der Waals surface area contributed by atoms with Crippen molar-refractivity contribution < 1.29 is 32.1 Å². The smallest absolute Gasteiger partial charge is 0.455 e. The zero-order valence-electron chi connectivity index (χ0n) is 21.5. The molecule has 1 aliphatic carbocycles. The number of anilines is 1. The molecule has 1 heterocycles. The van der Waals surface area contributed by atoms with Crippen LogP contribution in [-0.4, -0.2) is 43.8 Å². The summed E-state index contributed by atoms with van der Waals surface area (Å²) in [6.45, 7) is 0. The predicted molar refractivity (Wildman–Crippen MR) is 153 cm³/mol. The van der Waals surface area contributed by atoms with Crippen LogP contribution < -0.4 is 10.0 Å². The first-order valence-corrected chi connectivity index (χ1v) is 14.8. The molecule has 0 saturated heterocycles. The van der Waals surface area contributed by atoms with Crippen molar-refractivity contribution in [2.75, 3.05) is 11.8 Å². The van der Waals surface area contributed by atoms with E-state index >= 15 is 0 Å². The largest absolute Gasteiger partial charge is 0.470 e. The summed E-state index contributed by atoms with van der Waals surface area (Å²) in [6, 6.07) is 15.6. The van der Waals surface area contributed by atoms with Gasteiger partial charge in [0.25, 0.3) is 5.91 Å². The average Bonchev–Trinajstić information content (AvgIpc) is 3.69. The standard InChI is InChI=1S/C28H27BClFN2O6S/c1-32-28(34)26-23-14-22(17-4-5-17)19(13-24(23)39-27(26)18-6-8-20(31)9-7-18)15-40(37,38)33-21-10-2-16(3-11-21)12-25(30)29(35)36/h2-3,6-11,13-14,17,25,33,35-36H,4-5,12,15H2,1H3,(H,32,34). The maximum absolute atomic E-state index is 13.6. The maximum Gasteiger partial charge on any atom is 0.470 e. The summed E-state index contributed by atoms with van der Waals surface area (Å²) in [4.78, 5) is 12.9. The number of fused-ring (bicyclic) bond motifs is 1. The Hall–Kier alpha value is -3.38. The number of nitrogens with one attached hydrogen (secondary N) is 2. The van der Waals surface area contributed by atoms with Gasteiger partial charge < -0.3 is 19.8 Å². The van der Waals surface area contributed by atoms with Gasteiger partial charge in [-0.25, -0.2) is 12.8 Å². The molecule has 3 aromatic carbocycles. The Morgan fingerprint density at radius 2 is 1.80 bits per heavy atom. The SMILES string of the molecule is CNC(=O)c1c(-c2ccc(F)cc2)oc2cc(CS(=O)(=O)Nc3ccc(CC(Cl)B(O)O)cc3)c(C3CC3)cc12. The van der Waals surface area contributed by atoms with Crippen LogP contribution in [0.25, 0.3) is 22.3 Å². The molecule has 1 saturated carbocycles. The Balaban J connectivity index is 1.47. The molecule has 4 aromatic rings. The number of benzene rings is 3. The Labute approximate surface area is 236 Å². The third kappa shape index (κ3) is 6.17. The fourth-order valence-corrected chi connectivity index (χ4v) is 6.12. The number of rotatable bonds is 10. The first-order chi connectivity index (χ1) is 19.0. The summed E-state index contributed by atoms with van der Waals surface area (Å²) < 4.78 is 48.6. The van der Waals surface area contributed by atoms with Crippen molar-refractivity contribution in [2.24, 2.45) is 0 Å². The molecule has 208 valence electrons. The normalized spacial score (nSPS) is 14.2. The first kappa shape index (κ1) is 28.2. The van der Waals surface area contributed by atoms with Crippen molar-refractivity contribution in [1.82, 2.24) is 5.32 Å². The van der Waals surface area contributed by atoms with Gasteiger partial charge in [-0.1, -0.05) is 12.1 Å². The van der Waals surface area contributed by atoms with Gasteiger partial charge in [0, 0.05) is 23.7 Å². The second kappa shape index (κ2) is 11.2. The zero-order valence-corrected chi connectivity index (χ0v) is 23.1. The van der Waals surface area contributed by atoms with Crippen LogP contribution in [0.3, 0.4) is 0 Å². The summed E-state index contributed by atoms with van der Waals surface area (Å²) in [5.41, 5.74) is 3.69. The van der Waals surface area contributed by atoms with Gasteiger partial charge in [0.15, 0.2) is 0 Å². The maximum atomic E-state index is 13.6. The van der Waals surface area contributed by atoms with Crippen molar-refractivity contribution in [3.63, 3.8) is 0 Å². The summed E-state index contributed by atoms with van der Waals surface area (Å²) in [5, 5.41) is 20.7. The van der Waals surface area contributed by atoms with Gasteiger partial charge in [0.2, 0.25) is 10.0 Å². The van der Waals surface area contributed by atoms with Gasteiger partial charge in [-0.15, -0.1) is 11.6 Å². The molecule has 0 spiro atoms. The van der Waals surface area contributed by atoms with Gasteiger partial charge in [0.1, 0.15) is 17.2 Å². The van der Waals surface area contributed by atoms with E-state index in [4.69, 9.17) is 16.0 Å². The third-order valence-corrected chi connectivity index (χ3v) is 8.47. The lowest BCUT2D eigenvalue weighted by Crippen LogP contribution is -2.27. The molecule has 40 heavy (non-hydrogen) atoms. The number of hydrogen-bond acceptors (Lipinski definition) is 6. The lowest BCUT2D eigenvalue weighted by atomic mass is 9.82. The number of halogens is 2. The van der Waals surface area contributed by atoms with Gasteiger partial charge in [0.05, 0.1) is 16.6 Å².